The van der Waals surface area contributed by atoms with E-state index in [0.29, 0.717) is 33.4 Å². The van der Waals surface area contributed by atoms with Gasteiger partial charge in [-0.3, -0.25) is 19.2 Å². The Morgan fingerprint density at radius 3 is 0.890 bits per heavy atom. The Hall–Kier alpha value is -7.88. The van der Waals surface area contributed by atoms with Crippen LogP contribution < -0.4 is 30.6 Å². The first-order chi connectivity index (χ1) is 38.4. The Labute approximate surface area is 542 Å². The summed E-state index contributed by atoms with van der Waals surface area (Å²) in [6.07, 6.45) is 6.10. The van der Waals surface area contributed by atoms with Crippen LogP contribution in [0.2, 0.25) is 0 Å². The van der Waals surface area contributed by atoms with Crippen LogP contribution >= 0.6 is 0 Å². The predicted molar refractivity (Wildman–Crippen MR) is 298 cm³/mol. The van der Waals surface area contributed by atoms with Gasteiger partial charge in [0.05, 0.1) is 23.9 Å². The van der Waals surface area contributed by atoms with Crippen LogP contribution in [0.1, 0.15) is 56.8 Å². The quantitative estimate of drug-likeness (QED) is 0.0178. The predicted octanol–water partition coefficient (Wildman–Crippen LogP) is 2.57. The van der Waals surface area contributed by atoms with Gasteiger partial charge in [0, 0.05) is 65.3 Å². The van der Waals surface area contributed by atoms with Gasteiger partial charge in [0.2, 0.25) is 12.8 Å². The Morgan fingerprint density at radius 2 is 0.659 bits per heavy atom. The van der Waals surface area contributed by atoms with E-state index in [0.717, 1.165) is 39.2 Å². The molecule has 0 atom stereocenters. The minimum Gasteiger partial charge on any atom is -0.872 e. The third kappa shape index (κ3) is 37.9. The average Bonchev–Trinajstić information content (AvgIpc) is 3.50. The summed E-state index contributed by atoms with van der Waals surface area (Å²) < 4.78 is 0. The molecule has 0 aliphatic carbocycles. The minimum atomic E-state index is -0.762. The number of para-hydroxylation sites is 2. The first-order valence-corrected chi connectivity index (χ1v) is 23.0. The number of rotatable bonds is 14. The molecule has 6 rings (SSSR count). The maximum atomic E-state index is 11.8. The van der Waals surface area contributed by atoms with Crippen molar-refractivity contribution < 1.29 is 152 Å². The molecule has 2 amide bonds. The summed E-state index contributed by atoms with van der Waals surface area (Å²) in [5.41, 5.74) is 2.41. The molecule has 6 aromatic carbocycles. The summed E-state index contributed by atoms with van der Waals surface area (Å²) in [6, 6.07) is 47.4. The van der Waals surface area contributed by atoms with Crippen molar-refractivity contribution in [2.75, 3.05) is 42.4 Å². The maximum Gasteiger partial charge on any atom is 3.00 e. The third-order valence-corrected chi connectivity index (χ3v) is 8.63. The second-order valence-corrected chi connectivity index (χ2v) is 15.1. The van der Waals surface area contributed by atoms with Crippen LogP contribution in [0.3, 0.4) is 0 Å². The molecule has 0 aliphatic heterocycles. The summed E-state index contributed by atoms with van der Waals surface area (Å²) >= 11 is 0. The van der Waals surface area contributed by atoms with E-state index in [2.05, 4.69) is 30.7 Å². The Balaban J connectivity index is -0.000000455. The summed E-state index contributed by atoms with van der Waals surface area (Å²) in [4.78, 5) is 45.3. The zero-order valence-electron chi connectivity index (χ0n) is 46.1. The van der Waals surface area contributed by atoms with E-state index < -0.39 is 11.8 Å². The largest absolute Gasteiger partial charge is 3.00 e. The van der Waals surface area contributed by atoms with Gasteiger partial charge in [-0.15, -0.1) is 0 Å². The number of aliphatic hydroxyl groups is 2. The molecule has 0 bridgehead atoms. The van der Waals surface area contributed by atoms with Crippen LogP contribution in [0.25, 0.3) is 11.5 Å². The van der Waals surface area contributed by atoms with E-state index in [-0.39, 0.29) is 128 Å². The van der Waals surface area contributed by atoms with E-state index in [9.17, 15) is 49.8 Å². The molecule has 0 saturated heterocycles. The number of allylic oxidation sites excluding steroid dienone is 2. The molecule has 24 heteroatoms. The van der Waals surface area contributed by atoms with Crippen molar-refractivity contribution in [3.8, 4) is 11.5 Å². The van der Waals surface area contributed by atoms with Crippen LogP contribution in [0.4, 0.5) is 0 Å². The fraction of sp³-hybridized carbons (Fsp3) is 0.138. The summed E-state index contributed by atoms with van der Waals surface area (Å²) in [7, 11) is 8.75. The maximum absolute atomic E-state index is 11.8. The molecular formula is C58H62N8Nd2O14. The molecule has 0 unspecified atom stereocenters. The molecule has 82 heavy (non-hydrogen) atoms. The topological polar surface area (TPSA) is 368 Å². The fourth-order valence-electron chi connectivity index (χ4n) is 4.67. The van der Waals surface area contributed by atoms with Gasteiger partial charge in [0.1, 0.15) is 0 Å². The van der Waals surface area contributed by atoms with Crippen molar-refractivity contribution >= 4 is 71.6 Å². The fourth-order valence-corrected chi connectivity index (χ4v) is 4.67. The molecule has 22 nitrogen and oxygen atoms in total. The van der Waals surface area contributed by atoms with Gasteiger partial charge in [0.15, 0.2) is 11.6 Å². The number of amides is 2. The van der Waals surface area contributed by atoms with Crippen molar-refractivity contribution in [2.24, 2.45) is 30.7 Å². The number of benzene rings is 6. The summed E-state index contributed by atoms with van der Waals surface area (Å²) in [5.74, 6) is -3.00. The SMILES string of the molecule is CC(=N\O)/C([O-])=N/N=C/c1ccccc1[O-].CC(=N\O)/C([O-])=N/N=C/c1ccccc1[O-].CN(C)C=O.CN(C)C=O.CO.CO.O=C(/C=C(\[O-])c1ccccc1)c1ccccc1.O=C(/C=C(\[O-])c1ccccc1)c1ccccc1.[Nd+3].[Nd+3]. The van der Waals surface area contributed by atoms with Crippen molar-refractivity contribution in [2.45, 2.75) is 13.8 Å². The van der Waals surface area contributed by atoms with Gasteiger partial charge in [0.25, 0.3) is 0 Å². The second-order valence-electron chi connectivity index (χ2n) is 15.1. The van der Waals surface area contributed by atoms with E-state index in [1.54, 1.807) is 162 Å². The molecule has 0 fully saturated rings. The minimum absolute atomic E-state index is 0. The van der Waals surface area contributed by atoms with Crippen molar-refractivity contribution in [1.29, 1.82) is 0 Å². The molecule has 2 radical (unpaired) electrons. The van der Waals surface area contributed by atoms with Gasteiger partial charge >= 0.3 is 81.7 Å². The van der Waals surface area contributed by atoms with Gasteiger partial charge in [-0.1, -0.05) is 203 Å². The van der Waals surface area contributed by atoms with Crippen LogP contribution in [-0.2, 0) is 9.59 Å². The summed E-state index contributed by atoms with van der Waals surface area (Å²) in [6.45, 7) is 2.59. The first kappa shape index (κ1) is 80.6. The van der Waals surface area contributed by atoms with Crippen LogP contribution in [0, 0.1) is 81.7 Å². The summed E-state index contributed by atoms with van der Waals surface area (Å²) in [5, 5.41) is 117. The van der Waals surface area contributed by atoms with Gasteiger partial charge in [-0.05, 0) is 48.3 Å². The normalized spacial score (nSPS) is 10.8. The van der Waals surface area contributed by atoms with E-state index in [1.807, 2.05) is 24.3 Å². The monoisotopic (exact) mass is 1380 g/mol. The number of aliphatic hydroxyl groups excluding tert-OH is 2. The third-order valence-electron chi connectivity index (χ3n) is 8.63. The molecule has 0 saturated carbocycles. The van der Waals surface area contributed by atoms with Crippen LogP contribution in [-0.4, -0.2) is 133 Å². The molecule has 4 N–H and O–H groups in total. The zero-order valence-corrected chi connectivity index (χ0v) is 52.5. The van der Waals surface area contributed by atoms with Crippen LogP contribution in [0.5, 0.6) is 11.5 Å². The molecule has 0 aromatic heterocycles. The Bertz CT molecular complexity index is 2760. The number of hydrogen-bond donors (Lipinski definition) is 4. The Morgan fingerprint density at radius 1 is 0.427 bits per heavy atom. The average molecular weight is 1380 g/mol. The van der Waals surface area contributed by atoms with E-state index >= 15 is 0 Å². The number of nitrogens with zero attached hydrogens (tertiary/aromatic N) is 8. The van der Waals surface area contributed by atoms with Crippen molar-refractivity contribution in [3.63, 3.8) is 0 Å². The molecule has 0 spiro atoms. The first-order valence-electron chi connectivity index (χ1n) is 23.0. The molecule has 0 aliphatic rings. The number of carbonyl (C=O) groups excluding carboxylic acids is 4. The van der Waals surface area contributed by atoms with Crippen molar-refractivity contribution in [3.05, 3.63) is 215 Å². The van der Waals surface area contributed by atoms with Gasteiger partial charge in [-0.2, -0.15) is 20.4 Å². The van der Waals surface area contributed by atoms with E-state index in [1.165, 1.54) is 48.2 Å². The zero-order chi connectivity index (χ0) is 60.7. The number of hydrogen-bond acceptors (Lipinski definition) is 20. The van der Waals surface area contributed by atoms with Crippen molar-refractivity contribution in [1.82, 2.24) is 9.80 Å². The van der Waals surface area contributed by atoms with Gasteiger partial charge < -0.3 is 61.1 Å². The van der Waals surface area contributed by atoms with E-state index in [4.69, 9.17) is 20.6 Å². The molecule has 0 heterocycles. The molecule has 6 aromatic rings. The molecular weight excluding hydrogens is 1320 g/mol. The van der Waals surface area contributed by atoms with Crippen LogP contribution in [0.15, 0.2) is 213 Å². The molecule has 426 valence electrons. The standard InChI is InChI=1S/2C15H12O2.2C10H11N3O3.2C3H7NO.2CH4O.2Nd/c2*16-14(12-7-3-1-4-8-12)11-15(17)13-9-5-2-6-10-13;2*1-7(13-16)10(15)12-11-6-8-4-2-3-5-9(8)14;2*1-4(2)3-5;2*1-2;;/h2*1-11,16H;2*2-6,14,16H,1H3,(H,12,15);2*3H,1-2H3;2*2H,1H3;;/q;;;;;;;;2*+3/p-6/b2*14-11-;2*11-6+,13-7+;;;;;;. The smallest absolute Gasteiger partial charge is 0.872 e. The Kier molecular flexibility index (Phi) is 50.4. The number of carbonyl (C=O) groups is 4. The van der Waals surface area contributed by atoms with Gasteiger partial charge in [-0.25, -0.2) is 0 Å². The number of oxime groups is 2. The second kappa shape index (κ2) is 51.3. The number of ketones is 2.